The van der Waals surface area contributed by atoms with Crippen LogP contribution in [0.5, 0.6) is 0 Å². The molecule has 1 atom stereocenters. The van der Waals surface area contributed by atoms with Crippen molar-refractivity contribution in [2.24, 2.45) is 11.8 Å². The minimum atomic E-state index is -0.0550. The predicted molar refractivity (Wildman–Crippen MR) is 94.7 cm³/mol. The average molecular weight is 350 g/mol. The number of piperidine rings is 1. The van der Waals surface area contributed by atoms with E-state index in [9.17, 15) is 9.59 Å². The van der Waals surface area contributed by atoms with Gasteiger partial charge in [-0.2, -0.15) is 0 Å². The molecule has 2 amide bonds. The molecule has 2 heterocycles. The van der Waals surface area contributed by atoms with E-state index in [2.05, 4.69) is 10.3 Å². The van der Waals surface area contributed by atoms with Crippen molar-refractivity contribution >= 4 is 23.2 Å². The maximum atomic E-state index is 12.5. The van der Waals surface area contributed by atoms with Crippen molar-refractivity contribution in [3.8, 4) is 0 Å². The molecule has 1 saturated carbocycles. The van der Waals surface area contributed by atoms with Crippen LogP contribution in [0.25, 0.3) is 0 Å². The molecule has 1 aliphatic carbocycles. The third-order valence-electron chi connectivity index (χ3n) is 5.32. The Bertz CT molecular complexity index is 587. The first-order valence-corrected chi connectivity index (χ1v) is 9.93. The van der Waals surface area contributed by atoms with Crippen molar-refractivity contribution in [3.63, 3.8) is 0 Å². The summed E-state index contributed by atoms with van der Waals surface area (Å²) in [5.74, 6) is 0.668. The first-order valence-electron chi connectivity index (χ1n) is 9.06. The van der Waals surface area contributed by atoms with E-state index in [0.29, 0.717) is 5.91 Å². The zero-order valence-electron chi connectivity index (χ0n) is 14.6. The molecule has 0 bridgehead atoms. The Labute approximate surface area is 147 Å². The van der Waals surface area contributed by atoms with E-state index >= 15 is 0 Å². The maximum Gasteiger partial charge on any atom is 0.225 e. The molecule has 2 aliphatic rings. The Balaban J connectivity index is 1.47. The van der Waals surface area contributed by atoms with E-state index in [1.54, 1.807) is 11.3 Å². The van der Waals surface area contributed by atoms with Crippen LogP contribution in [0.2, 0.25) is 0 Å². The number of hydrogen-bond donors (Lipinski definition) is 1. The number of nitrogens with one attached hydrogen (secondary N) is 1. The van der Waals surface area contributed by atoms with Crippen LogP contribution in [0.1, 0.15) is 62.2 Å². The van der Waals surface area contributed by atoms with Crippen molar-refractivity contribution in [2.75, 3.05) is 13.1 Å². The highest BCUT2D eigenvalue weighted by Gasteiger charge is 2.32. The van der Waals surface area contributed by atoms with Gasteiger partial charge in [-0.25, -0.2) is 4.98 Å². The fourth-order valence-corrected chi connectivity index (χ4v) is 4.48. The van der Waals surface area contributed by atoms with Crippen molar-refractivity contribution < 1.29 is 9.59 Å². The summed E-state index contributed by atoms with van der Waals surface area (Å²) in [5.41, 5.74) is 0.930. The second-order valence-corrected chi connectivity index (χ2v) is 8.16. The number of aryl methyl sites for hydroxylation is 1. The molecule has 2 fully saturated rings. The van der Waals surface area contributed by atoms with Crippen LogP contribution in [-0.4, -0.2) is 34.8 Å². The number of aromatic nitrogens is 1. The molecule has 24 heavy (non-hydrogen) atoms. The highest BCUT2D eigenvalue weighted by Crippen LogP contribution is 2.28. The van der Waals surface area contributed by atoms with Gasteiger partial charge in [0, 0.05) is 30.3 Å². The Hall–Kier alpha value is -1.43. The maximum absolute atomic E-state index is 12.5. The Morgan fingerprint density at radius 3 is 2.46 bits per heavy atom. The van der Waals surface area contributed by atoms with Crippen molar-refractivity contribution in [1.82, 2.24) is 15.2 Å². The Morgan fingerprint density at radius 1 is 1.21 bits per heavy atom. The van der Waals surface area contributed by atoms with Crippen LogP contribution >= 0.6 is 11.3 Å². The van der Waals surface area contributed by atoms with E-state index < -0.39 is 0 Å². The first-order chi connectivity index (χ1) is 11.5. The van der Waals surface area contributed by atoms with Crippen molar-refractivity contribution in [2.45, 2.75) is 58.4 Å². The lowest BCUT2D eigenvalue weighted by atomic mass is 9.94. The molecule has 1 aromatic heterocycles. The summed E-state index contributed by atoms with van der Waals surface area (Å²) in [4.78, 5) is 31.4. The number of carbonyl (C=O) groups is 2. The number of amides is 2. The molecule has 0 aromatic carbocycles. The molecule has 0 radical (unpaired) electrons. The third kappa shape index (κ3) is 3.97. The first kappa shape index (κ1) is 17.4. The van der Waals surface area contributed by atoms with Gasteiger partial charge in [0.15, 0.2) is 0 Å². The minimum Gasteiger partial charge on any atom is -0.348 e. The molecule has 1 saturated heterocycles. The van der Waals surface area contributed by atoms with Crippen LogP contribution in [0.15, 0.2) is 5.38 Å². The van der Waals surface area contributed by atoms with E-state index in [1.807, 2.05) is 24.1 Å². The lowest BCUT2D eigenvalue weighted by Crippen LogP contribution is -2.45. The molecular weight excluding hydrogens is 322 g/mol. The van der Waals surface area contributed by atoms with Crippen LogP contribution in [0, 0.1) is 18.8 Å². The van der Waals surface area contributed by atoms with Gasteiger partial charge in [0.2, 0.25) is 11.8 Å². The normalized spacial score (nSPS) is 21.0. The Morgan fingerprint density at radius 2 is 1.88 bits per heavy atom. The summed E-state index contributed by atoms with van der Waals surface area (Å²) in [6, 6.07) is -0.0550. The number of thiazole rings is 1. The second-order valence-electron chi connectivity index (χ2n) is 7.10. The topological polar surface area (TPSA) is 62.3 Å². The fraction of sp³-hybridized carbons (Fsp3) is 0.722. The number of carbonyl (C=O) groups excluding carboxylic acids is 2. The summed E-state index contributed by atoms with van der Waals surface area (Å²) >= 11 is 1.60. The summed E-state index contributed by atoms with van der Waals surface area (Å²) in [7, 11) is 0. The van der Waals surface area contributed by atoms with Crippen LogP contribution in [0.4, 0.5) is 0 Å². The van der Waals surface area contributed by atoms with Crippen LogP contribution < -0.4 is 5.32 Å². The van der Waals surface area contributed by atoms with Gasteiger partial charge in [-0.15, -0.1) is 11.3 Å². The van der Waals surface area contributed by atoms with Crippen molar-refractivity contribution in [3.05, 3.63) is 16.1 Å². The fourth-order valence-electron chi connectivity index (χ4n) is 3.78. The molecule has 1 N–H and O–H groups in total. The highest BCUT2D eigenvalue weighted by atomic mass is 32.1. The molecule has 5 nitrogen and oxygen atoms in total. The number of nitrogens with zero attached hydrogens (tertiary/aromatic N) is 2. The number of likely N-dealkylation sites (tertiary alicyclic amines) is 1. The average Bonchev–Trinajstić information content (AvgIpc) is 3.26. The van der Waals surface area contributed by atoms with Gasteiger partial charge in [0.25, 0.3) is 0 Å². The molecule has 0 unspecified atom stereocenters. The standard InChI is InChI=1S/C18H27N3O2S/c1-12(16-11-24-13(2)20-16)19-17(22)14-7-9-21(10-8-14)18(23)15-5-3-4-6-15/h11-12,14-15H,3-10H2,1-2H3,(H,19,22)/t12-/m1/s1. The second kappa shape index (κ2) is 7.64. The SMILES string of the molecule is Cc1nc([C@@H](C)NC(=O)C2CCN(C(=O)C3CCCC3)CC2)cs1. The smallest absolute Gasteiger partial charge is 0.225 e. The van der Waals surface area contributed by atoms with Gasteiger partial charge in [-0.05, 0) is 39.5 Å². The summed E-state index contributed by atoms with van der Waals surface area (Å²) in [6.07, 6.45) is 6.00. The summed E-state index contributed by atoms with van der Waals surface area (Å²) < 4.78 is 0. The van der Waals surface area contributed by atoms with E-state index in [1.165, 1.54) is 12.8 Å². The molecule has 3 rings (SSSR count). The van der Waals surface area contributed by atoms with Gasteiger partial charge in [0.05, 0.1) is 16.7 Å². The minimum absolute atomic E-state index is 0.0137. The molecular formula is C18H27N3O2S. The van der Waals surface area contributed by atoms with Crippen LogP contribution in [0.3, 0.4) is 0 Å². The third-order valence-corrected chi connectivity index (χ3v) is 6.11. The largest absolute Gasteiger partial charge is 0.348 e. The quantitative estimate of drug-likeness (QED) is 0.909. The van der Waals surface area contributed by atoms with E-state index in [4.69, 9.17) is 0 Å². The van der Waals surface area contributed by atoms with E-state index in [-0.39, 0.29) is 23.8 Å². The number of hydrogen-bond acceptors (Lipinski definition) is 4. The molecule has 1 aliphatic heterocycles. The van der Waals surface area contributed by atoms with Gasteiger partial charge < -0.3 is 10.2 Å². The molecule has 6 heteroatoms. The van der Waals surface area contributed by atoms with Crippen molar-refractivity contribution in [1.29, 1.82) is 0 Å². The summed E-state index contributed by atoms with van der Waals surface area (Å²) in [6.45, 7) is 5.39. The zero-order chi connectivity index (χ0) is 17.1. The molecule has 0 spiro atoms. The molecule has 132 valence electrons. The highest BCUT2D eigenvalue weighted by molar-refractivity contribution is 7.09. The number of rotatable bonds is 4. The van der Waals surface area contributed by atoms with Crippen LogP contribution in [-0.2, 0) is 9.59 Å². The van der Waals surface area contributed by atoms with Gasteiger partial charge in [0.1, 0.15) is 0 Å². The van der Waals surface area contributed by atoms with E-state index in [0.717, 1.165) is 49.5 Å². The van der Waals surface area contributed by atoms with Gasteiger partial charge in [-0.1, -0.05) is 12.8 Å². The monoisotopic (exact) mass is 349 g/mol. The molecule has 1 aromatic rings. The van der Waals surface area contributed by atoms with Gasteiger partial charge >= 0.3 is 0 Å². The lowest BCUT2D eigenvalue weighted by Gasteiger charge is -2.33. The Kier molecular flexibility index (Phi) is 5.54. The van der Waals surface area contributed by atoms with Gasteiger partial charge in [-0.3, -0.25) is 9.59 Å². The predicted octanol–water partition coefficient (Wildman–Crippen LogP) is 3.06. The zero-order valence-corrected chi connectivity index (χ0v) is 15.4. The summed E-state index contributed by atoms with van der Waals surface area (Å²) in [5, 5.41) is 6.10. The lowest BCUT2D eigenvalue weighted by molar-refractivity contribution is -0.139.